The third-order valence-electron chi connectivity index (χ3n) is 3.82. The molecule has 1 aliphatic heterocycles. The minimum Gasteiger partial charge on any atom is -0.309 e. The highest BCUT2D eigenvalue weighted by Gasteiger charge is 2.31. The Labute approximate surface area is 106 Å². The molecule has 0 amide bonds. The highest BCUT2D eigenvalue weighted by Crippen LogP contribution is 2.19. The second-order valence-corrected chi connectivity index (χ2v) is 6.30. The van der Waals surface area contributed by atoms with Gasteiger partial charge in [-0.15, -0.1) is 0 Å². The third kappa shape index (κ3) is 4.27. The van der Waals surface area contributed by atoms with Gasteiger partial charge < -0.3 is 5.32 Å². The van der Waals surface area contributed by atoms with Gasteiger partial charge in [-0.05, 0) is 51.7 Å². The lowest BCUT2D eigenvalue weighted by Gasteiger charge is -2.45. The quantitative estimate of drug-likeness (QED) is 0.723. The van der Waals surface area contributed by atoms with Crippen LogP contribution >= 0.6 is 11.8 Å². The first-order chi connectivity index (χ1) is 7.61. The fraction of sp³-hybridized carbons (Fsp3) is 1.00. The van der Waals surface area contributed by atoms with Crippen LogP contribution in [0.3, 0.4) is 0 Å². The van der Waals surface area contributed by atoms with Gasteiger partial charge in [0.1, 0.15) is 0 Å². The molecule has 16 heavy (non-hydrogen) atoms. The largest absolute Gasteiger partial charge is 0.309 e. The van der Waals surface area contributed by atoms with Crippen molar-refractivity contribution in [2.75, 3.05) is 31.6 Å². The predicted octanol–water partition coefficient (Wildman–Crippen LogP) is 2.59. The number of piperazine rings is 1. The molecule has 0 aromatic carbocycles. The molecule has 2 unspecified atom stereocenters. The molecule has 1 N–H and O–H groups in total. The maximum Gasteiger partial charge on any atom is 0.0278 e. The number of hydrogen-bond donors (Lipinski definition) is 1. The van der Waals surface area contributed by atoms with E-state index in [-0.39, 0.29) is 0 Å². The molecule has 1 rings (SSSR count). The zero-order valence-corrected chi connectivity index (χ0v) is 12.2. The fourth-order valence-electron chi connectivity index (χ4n) is 2.28. The first-order valence-electron chi connectivity index (χ1n) is 6.59. The number of hydrogen-bond acceptors (Lipinski definition) is 3. The normalized spacial score (nSPS) is 31.9. The first-order valence-corrected chi connectivity index (χ1v) is 7.98. The molecule has 0 aromatic rings. The van der Waals surface area contributed by atoms with Crippen molar-refractivity contribution in [3.63, 3.8) is 0 Å². The van der Waals surface area contributed by atoms with Crippen LogP contribution in [-0.4, -0.2) is 48.1 Å². The van der Waals surface area contributed by atoms with E-state index in [4.69, 9.17) is 0 Å². The number of rotatable bonds is 6. The minimum atomic E-state index is 0.339. The van der Waals surface area contributed by atoms with E-state index in [9.17, 15) is 0 Å². The predicted molar refractivity (Wildman–Crippen MR) is 75.3 cm³/mol. The summed E-state index contributed by atoms with van der Waals surface area (Å²) in [6.07, 6.45) is 6.13. The summed E-state index contributed by atoms with van der Waals surface area (Å²) in [5, 5.41) is 3.68. The standard InChI is InChI=1S/C13H28N2S/c1-5-13(3)11-15(12(2)10-14-13)8-6-7-9-16-4/h12,14H,5-11H2,1-4H3. The van der Waals surface area contributed by atoms with Gasteiger partial charge in [-0.3, -0.25) is 4.90 Å². The lowest BCUT2D eigenvalue weighted by atomic mass is 9.93. The molecular weight excluding hydrogens is 216 g/mol. The molecule has 0 bridgehead atoms. The smallest absolute Gasteiger partial charge is 0.0278 e. The molecule has 96 valence electrons. The summed E-state index contributed by atoms with van der Waals surface area (Å²) in [6, 6.07) is 0.703. The van der Waals surface area contributed by atoms with Crippen LogP contribution in [-0.2, 0) is 0 Å². The van der Waals surface area contributed by atoms with Crippen LogP contribution in [0, 0.1) is 0 Å². The summed E-state index contributed by atoms with van der Waals surface area (Å²) in [5.41, 5.74) is 0.339. The van der Waals surface area contributed by atoms with Crippen LogP contribution in [0.2, 0.25) is 0 Å². The van der Waals surface area contributed by atoms with Crippen molar-refractivity contribution in [2.45, 2.75) is 51.6 Å². The minimum absolute atomic E-state index is 0.339. The summed E-state index contributed by atoms with van der Waals surface area (Å²) in [6.45, 7) is 10.6. The first kappa shape index (κ1) is 14.3. The van der Waals surface area contributed by atoms with Crippen LogP contribution in [0.1, 0.15) is 40.0 Å². The second-order valence-electron chi connectivity index (χ2n) is 5.31. The molecule has 0 aromatic heterocycles. The molecule has 1 aliphatic rings. The molecule has 2 atom stereocenters. The van der Waals surface area contributed by atoms with Crippen molar-refractivity contribution in [3.05, 3.63) is 0 Å². The van der Waals surface area contributed by atoms with Crippen LogP contribution in [0.15, 0.2) is 0 Å². The van der Waals surface area contributed by atoms with Crippen LogP contribution in [0.25, 0.3) is 0 Å². The number of unbranched alkanes of at least 4 members (excludes halogenated alkanes) is 1. The summed E-state index contributed by atoms with van der Waals surface area (Å²) in [5.74, 6) is 1.31. The lowest BCUT2D eigenvalue weighted by Crippen LogP contribution is -2.61. The maximum atomic E-state index is 3.68. The molecule has 0 saturated carbocycles. The Hall–Kier alpha value is 0.270. The van der Waals surface area contributed by atoms with E-state index in [0.717, 1.165) is 6.54 Å². The fourth-order valence-corrected chi connectivity index (χ4v) is 2.77. The van der Waals surface area contributed by atoms with Crippen molar-refractivity contribution in [1.29, 1.82) is 0 Å². The van der Waals surface area contributed by atoms with Gasteiger partial charge in [0.2, 0.25) is 0 Å². The molecule has 3 heteroatoms. The molecule has 1 fully saturated rings. The zero-order chi connectivity index (χ0) is 12.0. The monoisotopic (exact) mass is 244 g/mol. The van der Waals surface area contributed by atoms with Gasteiger partial charge in [-0.1, -0.05) is 6.92 Å². The summed E-state index contributed by atoms with van der Waals surface area (Å²) >= 11 is 1.96. The van der Waals surface area contributed by atoms with Gasteiger partial charge in [-0.2, -0.15) is 11.8 Å². The Kier molecular flexibility index (Phi) is 6.16. The van der Waals surface area contributed by atoms with E-state index in [1.807, 2.05) is 11.8 Å². The van der Waals surface area contributed by atoms with Gasteiger partial charge in [-0.25, -0.2) is 0 Å². The zero-order valence-electron chi connectivity index (χ0n) is 11.4. The number of nitrogens with one attached hydrogen (secondary N) is 1. The molecule has 0 aliphatic carbocycles. The molecule has 0 spiro atoms. The van der Waals surface area contributed by atoms with E-state index >= 15 is 0 Å². The van der Waals surface area contributed by atoms with Crippen molar-refractivity contribution < 1.29 is 0 Å². The summed E-state index contributed by atoms with van der Waals surface area (Å²) in [4.78, 5) is 2.67. The summed E-state index contributed by atoms with van der Waals surface area (Å²) < 4.78 is 0. The average molecular weight is 244 g/mol. The van der Waals surface area contributed by atoms with Crippen molar-refractivity contribution in [1.82, 2.24) is 10.2 Å². The molecule has 1 heterocycles. The van der Waals surface area contributed by atoms with E-state index in [2.05, 4.69) is 37.2 Å². The van der Waals surface area contributed by atoms with Gasteiger partial charge in [0.05, 0.1) is 0 Å². The number of nitrogens with zero attached hydrogens (tertiary/aromatic N) is 1. The highest BCUT2D eigenvalue weighted by atomic mass is 32.2. The second kappa shape index (κ2) is 6.87. The van der Waals surface area contributed by atoms with Gasteiger partial charge in [0.15, 0.2) is 0 Å². The molecule has 0 radical (unpaired) electrons. The van der Waals surface area contributed by atoms with Crippen LogP contribution in [0.5, 0.6) is 0 Å². The Bertz CT molecular complexity index is 198. The Morgan fingerprint density at radius 2 is 2.19 bits per heavy atom. The Morgan fingerprint density at radius 3 is 2.81 bits per heavy atom. The van der Waals surface area contributed by atoms with E-state index < -0.39 is 0 Å². The van der Waals surface area contributed by atoms with E-state index in [0.29, 0.717) is 11.6 Å². The van der Waals surface area contributed by atoms with Crippen molar-refractivity contribution in [3.8, 4) is 0 Å². The average Bonchev–Trinajstić information content (AvgIpc) is 2.29. The van der Waals surface area contributed by atoms with E-state index in [1.165, 1.54) is 38.1 Å². The Balaban J connectivity index is 2.32. The maximum absolute atomic E-state index is 3.68. The van der Waals surface area contributed by atoms with Crippen LogP contribution in [0.4, 0.5) is 0 Å². The highest BCUT2D eigenvalue weighted by molar-refractivity contribution is 7.98. The van der Waals surface area contributed by atoms with Gasteiger partial charge in [0, 0.05) is 24.7 Å². The Morgan fingerprint density at radius 1 is 1.44 bits per heavy atom. The third-order valence-corrected chi connectivity index (χ3v) is 4.52. The molecule has 2 nitrogen and oxygen atoms in total. The lowest BCUT2D eigenvalue weighted by molar-refractivity contribution is 0.0920. The van der Waals surface area contributed by atoms with Crippen molar-refractivity contribution in [2.24, 2.45) is 0 Å². The van der Waals surface area contributed by atoms with Crippen molar-refractivity contribution >= 4 is 11.8 Å². The summed E-state index contributed by atoms with van der Waals surface area (Å²) in [7, 11) is 0. The van der Waals surface area contributed by atoms with Gasteiger partial charge in [0.25, 0.3) is 0 Å². The van der Waals surface area contributed by atoms with E-state index in [1.54, 1.807) is 0 Å². The topological polar surface area (TPSA) is 15.3 Å². The number of thioether (sulfide) groups is 1. The van der Waals surface area contributed by atoms with Gasteiger partial charge >= 0.3 is 0 Å². The van der Waals surface area contributed by atoms with Crippen LogP contribution < -0.4 is 5.32 Å². The SMILES string of the molecule is CCC1(C)CN(CCCCSC)C(C)CN1. The molecule has 1 saturated heterocycles. The molecular formula is C13H28N2S.